The van der Waals surface area contributed by atoms with Gasteiger partial charge in [-0.2, -0.15) is 0 Å². The summed E-state index contributed by atoms with van der Waals surface area (Å²) in [5.74, 6) is -3.38. The van der Waals surface area contributed by atoms with Crippen LogP contribution in [0.25, 0.3) is 0 Å². The normalized spacial score (nSPS) is 16.5. The molecule has 1 aliphatic carbocycles. The summed E-state index contributed by atoms with van der Waals surface area (Å²) < 4.78 is 0. The Hall–Kier alpha value is -4.20. The zero-order chi connectivity index (χ0) is 28.8. The Morgan fingerprint density at radius 2 is 0.850 bits per heavy atom. The summed E-state index contributed by atoms with van der Waals surface area (Å²) in [5, 5.41) is 22.9. The zero-order valence-corrected chi connectivity index (χ0v) is 22.7. The van der Waals surface area contributed by atoms with Crippen molar-refractivity contribution in [2.75, 3.05) is 10.6 Å². The van der Waals surface area contributed by atoms with Crippen LogP contribution in [-0.2, 0) is 24.6 Å². The van der Waals surface area contributed by atoms with E-state index >= 15 is 0 Å². The smallest absolute Gasteiger partial charge is 0.328 e. The van der Waals surface area contributed by atoms with E-state index in [-0.39, 0.29) is 5.41 Å². The summed E-state index contributed by atoms with van der Waals surface area (Å²) in [6.45, 7) is 0. The van der Waals surface area contributed by atoms with Crippen LogP contribution < -0.4 is 10.6 Å². The second-order valence-electron chi connectivity index (χ2n) is 10.2. The minimum Gasteiger partial charge on any atom is -0.478 e. The number of carboxylic acid groups (broad SMARTS) is 2. The number of aliphatic carboxylic acids is 2. The monoisotopic (exact) mass is 546 g/mol. The van der Waals surface area contributed by atoms with E-state index in [1.165, 1.54) is 32.1 Å². The zero-order valence-electron chi connectivity index (χ0n) is 22.7. The lowest BCUT2D eigenvalue weighted by Gasteiger charge is -2.36. The number of carboxylic acids is 2. The van der Waals surface area contributed by atoms with E-state index in [0.717, 1.165) is 74.0 Å². The second-order valence-corrected chi connectivity index (χ2v) is 10.2. The third kappa shape index (κ3) is 9.52. The van der Waals surface area contributed by atoms with Crippen LogP contribution in [0.3, 0.4) is 0 Å². The van der Waals surface area contributed by atoms with Crippen molar-refractivity contribution in [2.24, 2.45) is 0 Å². The number of amides is 2. The maximum absolute atomic E-state index is 12.1. The summed E-state index contributed by atoms with van der Waals surface area (Å²) in [6, 6.07) is 15.5. The largest absolute Gasteiger partial charge is 0.478 e. The number of benzene rings is 2. The molecule has 0 heterocycles. The highest BCUT2D eigenvalue weighted by atomic mass is 16.4. The van der Waals surface area contributed by atoms with E-state index in [1.807, 2.05) is 48.5 Å². The maximum atomic E-state index is 12.1. The van der Waals surface area contributed by atoms with Gasteiger partial charge in [0.1, 0.15) is 0 Å². The number of carbonyl (C=O) groups is 4. The molecule has 0 aliphatic heterocycles. The van der Waals surface area contributed by atoms with E-state index in [4.69, 9.17) is 10.2 Å². The van der Waals surface area contributed by atoms with E-state index in [9.17, 15) is 19.2 Å². The third-order valence-corrected chi connectivity index (χ3v) is 7.37. The van der Waals surface area contributed by atoms with Crippen LogP contribution in [0, 0.1) is 0 Å². The highest BCUT2D eigenvalue weighted by Gasteiger charge is 2.33. The lowest BCUT2D eigenvalue weighted by Crippen LogP contribution is -2.28. The summed E-state index contributed by atoms with van der Waals surface area (Å²) in [4.78, 5) is 45.5. The van der Waals surface area contributed by atoms with Gasteiger partial charge in [0, 0.05) is 41.1 Å². The summed E-state index contributed by atoms with van der Waals surface area (Å²) in [7, 11) is 0. The van der Waals surface area contributed by atoms with Gasteiger partial charge < -0.3 is 20.8 Å². The molecule has 2 aromatic carbocycles. The van der Waals surface area contributed by atoms with Crippen LogP contribution in [0.4, 0.5) is 11.4 Å². The number of carbonyl (C=O) groups excluding carboxylic acids is 2. The molecule has 4 N–H and O–H groups in total. The first kappa shape index (κ1) is 30.3. The molecule has 0 spiro atoms. The summed E-state index contributed by atoms with van der Waals surface area (Å²) in [5.41, 5.74) is 3.20. The predicted octanol–water partition coefficient (Wildman–Crippen LogP) is 6.44. The van der Waals surface area contributed by atoms with Crippen molar-refractivity contribution in [3.05, 3.63) is 84.0 Å². The van der Waals surface area contributed by atoms with Gasteiger partial charge in [0.15, 0.2) is 0 Å². The van der Waals surface area contributed by atoms with Gasteiger partial charge >= 0.3 is 11.9 Å². The fourth-order valence-corrected chi connectivity index (χ4v) is 5.37. The lowest BCUT2D eigenvalue weighted by atomic mass is 9.67. The average Bonchev–Trinajstić information content (AvgIpc) is 2.92. The second kappa shape index (κ2) is 15.4. The van der Waals surface area contributed by atoms with Gasteiger partial charge in [0.2, 0.25) is 11.8 Å². The Morgan fingerprint density at radius 1 is 0.525 bits per heavy atom. The highest BCUT2D eigenvalue weighted by Crippen LogP contribution is 2.43. The van der Waals surface area contributed by atoms with E-state index in [1.54, 1.807) is 0 Å². The predicted molar refractivity (Wildman–Crippen MR) is 155 cm³/mol. The molecule has 2 amide bonds. The van der Waals surface area contributed by atoms with E-state index in [0.29, 0.717) is 11.4 Å². The van der Waals surface area contributed by atoms with Gasteiger partial charge in [-0.1, -0.05) is 82.1 Å². The number of hydrogen-bond acceptors (Lipinski definition) is 4. The lowest BCUT2D eigenvalue weighted by molar-refractivity contribution is -0.132. The molecular formula is C32H38N2O6. The molecule has 0 radical (unpaired) electrons. The van der Waals surface area contributed by atoms with Crippen molar-refractivity contribution in [3.63, 3.8) is 0 Å². The number of nitrogens with one attached hydrogen (secondary N) is 2. The number of hydrogen-bond donors (Lipinski definition) is 4. The van der Waals surface area contributed by atoms with Gasteiger partial charge in [-0.15, -0.1) is 0 Å². The van der Waals surface area contributed by atoms with Gasteiger partial charge in [-0.25, -0.2) is 9.59 Å². The van der Waals surface area contributed by atoms with Gasteiger partial charge in [-0.3, -0.25) is 9.59 Å². The standard InChI is InChI=1S/C32H38N2O6/c35-28(18-20-30(37)38)33-26-14-10-24(11-15-26)32(22-8-6-4-2-1-3-5-7-9-23-32)25-12-16-27(17-13-25)34-29(36)19-21-31(39)40/h10-21H,1-9,22-23H2,(H,33,35)(H,34,36)(H,37,38)(H,39,40)/b20-18+,21-19+. The highest BCUT2D eigenvalue weighted by molar-refractivity contribution is 6.03. The first-order valence-corrected chi connectivity index (χ1v) is 13.9. The molecule has 1 fully saturated rings. The fraction of sp³-hybridized carbons (Fsp3) is 0.375. The van der Waals surface area contributed by atoms with Crippen molar-refractivity contribution < 1.29 is 29.4 Å². The molecular weight excluding hydrogens is 508 g/mol. The molecule has 0 unspecified atom stereocenters. The summed E-state index contributed by atoms with van der Waals surface area (Å²) >= 11 is 0. The van der Waals surface area contributed by atoms with Gasteiger partial charge in [0.05, 0.1) is 0 Å². The molecule has 1 aliphatic rings. The molecule has 1 saturated carbocycles. The molecule has 8 nitrogen and oxygen atoms in total. The molecule has 40 heavy (non-hydrogen) atoms. The van der Waals surface area contributed by atoms with Crippen LogP contribution in [0.2, 0.25) is 0 Å². The molecule has 0 saturated heterocycles. The SMILES string of the molecule is O=C(O)/C=C/C(=O)Nc1ccc(C2(c3ccc(NC(=O)/C=C/C(=O)O)cc3)CCCCCCCCCCC2)cc1. The van der Waals surface area contributed by atoms with Crippen LogP contribution >= 0.6 is 0 Å². The van der Waals surface area contributed by atoms with E-state index < -0.39 is 23.8 Å². The molecule has 0 atom stereocenters. The van der Waals surface area contributed by atoms with Crippen molar-refractivity contribution >= 4 is 35.1 Å². The Labute approximate surface area is 235 Å². The number of anilines is 2. The van der Waals surface area contributed by atoms with Crippen LogP contribution in [0.5, 0.6) is 0 Å². The minimum absolute atomic E-state index is 0.253. The van der Waals surface area contributed by atoms with Crippen LogP contribution in [0.1, 0.15) is 81.8 Å². The molecule has 0 aromatic heterocycles. The van der Waals surface area contributed by atoms with Crippen molar-refractivity contribution in [1.29, 1.82) is 0 Å². The van der Waals surface area contributed by atoms with Crippen LogP contribution in [0.15, 0.2) is 72.8 Å². The van der Waals surface area contributed by atoms with Crippen molar-refractivity contribution in [1.82, 2.24) is 0 Å². The Balaban J connectivity index is 1.91. The Kier molecular flexibility index (Phi) is 11.7. The maximum Gasteiger partial charge on any atom is 0.328 e. The number of rotatable bonds is 8. The molecule has 3 rings (SSSR count). The topological polar surface area (TPSA) is 133 Å². The molecule has 8 heteroatoms. The minimum atomic E-state index is -1.18. The average molecular weight is 547 g/mol. The van der Waals surface area contributed by atoms with E-state index in [2.05, 4.69) is 10.6 Å². The first-order valence-electron chi connectivity index (χ1n) is 13.9. The molecule has 0 bridgehead atoms. The van der Waals surface area contributed by atoms with Crippen molar-refractivity contribution in [3.8, 4) is 0 Å². The van der Waals surface area contributed by atoms with Crippen molar-refractivity contribution in [2.45, 2.75) is 76.0 Å². The molecule has 212 valence electrons. The van der Waals surface area contributed by atoms with Gasteiger partial charge in [-0.05, 0) is 48.2 Å². The third-order valence-electron chi connectivity index (χ3n) is 7.37. The van der Waals surface area contributed by atoms with Gasteiger partial charge in [0.25, 0.3) is 0 Å². The van der Waals surface area contributed by atoms with Crippen LogP contribution in [-0.4, -0.2) is 34.0 Å². The summed E-state index contributed by atoms with van der Waals surface area (Å²) in [6.07, 6.45) is 16.3. The quantitative estimate of drug-likeness (QED) is 0.282. The molecule has 2 aromatic rings. The first-order chi connectivity index (χ1) is 19.3. The Morgan fingerprint density at radius 3 is 1.18 bits per heavy atom. The Bertz CT molecular complexity index is 1120. The fourth-order valence-electron chi connectivity index (χ4n) is 5.37.